The molecule has 0 aliphatic heterocycles. The lowest BCUT2D eigenvalue weighted by Crippen LogP contribution is -2.10. The van der Waals surface area contributed by atoms with E-state index in [0.29, 0.717) is 22.1 Å². The molecule has 0 saturated heterocycles. The van der Waals surface area contributed by atoms with E-state index in [0.717, 1.165) is 32.7 Å². The number of aryl methyl sites for hydroxylation is 2. The lowest BCUT2D eigenvalue weighted by Gasteiger charge is -2.22. The van der Waals surface area contributed by atoms with E-state index in [1.807, 2.05) is 86.6 Å². The molecule has 0 atom stereocenters. The number of para-hydroxylation sites is 2. The van der Waals surface area contributed by atoms with Crippen LogP contribution in [0.4, 0.5) is 22.0 Å². The summed E-state index contributed by atoms with van der Waals surface area (Å²) in [6.45, 7) is 3.79. The summed E-state index contributed by atoms with van der Waals surface area (Å²) in [6, 6.07) is 31.3. The molecule has 0 unspecified atom stereocenters. The van der Waals surface area contributed by atoms with Crippen LogP contribution in [0.5, 0.6) is 0 Å². The van der Waals surface area contributed by atoms with Crippen LogP contribution < -0.4 is 0 Å². The van der Waals surface area contributed by atoms with Gasteiger partial charge < -0.3 is 9.13 Å². The second-order valence-corrected chi connectivity index (χ2v) is 11.7. The lowest BCUT2D eigenvalue weighted by molar-refractivity contribution is 0.381. The molecule has 6 aromatic carbocycles. The number of fused-ring (bicyclic) bond motifs is 6. The highest BCUT2D eigenvalue weighted by molar-refractivity contribution is 6.12. The predicted octanol–water partition coefficient (Wildman–Crippen LogP) is 10.7. The topological polar surface area (TPSA) is 33.6 Å². The van der Waals surface area contributed by atoms with Crippen molar-refractivity contribution in [3.8, 4) is 28.6 Å². The lowest BCUT2D eigenvalue weighted by atomic mass is 9.96. The fourth-order valence-electron chi connectivity index (χ4n) is 6.79. The zero-order valence-corrected chi connectivity index (χ0v) is 25.0. The van der Waals surface area contributed by atoms with Crippen LogP contribution in [0.15, 0.2) is 97.1 Å². The normalized spacial score (nSPS) is 11.7. The molecule has 3 nitrogen and oxygen atoms in total. The molecule has 0 N–H and O–H groups in total. The van der Waals surface area contributed by atoms with E-state index in [1.54, 1.807) is 21.3 Å². The predicted molar refractivity (Wildman–Crippen MR) is 175 cm³/mol. The number of hydrogen-bond donors (Lipinski definition) is 0. The van der Waals surface area contributed by atoms with Gasteiger partial charge in [0.25, 0.3) is 0 Å². The van der Waals surface area contributed by atoms with Crippen LogP contribution >= 0.6 is 0 Å². The molecule has 0 amide bonds. The van der Waals surface area contributed by atoms with Crippen LogP contribution in [0, 0.1) is 54.3 Å². The summed E-state index contributed by atoms with van der Waals surface area (Å²) in [4.78, 5) is 0. The minimum Gasteiger partial charge on any atom is -0.308 e. The van der Waals surface area contributed by atoms with Gasteiger partial charge in [0.2, 0.25) is 5.82 Å². The summed E-state index contributed by atoms with van der Waals surface area (Å²) in [5.74, 6) is -10.3. The Morgan fingerprint density at radius 1 is 0.468 bits per heavy atom. The Labute approximate surface area is 264 Å². The Morgan fingerprint density at radius 2 is 0.872 bits per heavy atom. The molecule has 0 bridgehead atoms. The molecule has 47 heavy (non-hydrogen) atoms. The van der Waals surface area contributed by atoms with Crippen LogP contribution in [-0.2, 0) is 0 Å². The van der Waals surface area contributed by atoms with E-state index >= 15 is 17.6 Å². The number of aromatic nitrogens is 2. The average Bonchev–Trinajstić information content (AvgIpc) is 3.58. The van der Waals surface area contributed by atoms with Gasteiger partial charge in [0, 0.05) is 27.1 Å². The maximum atomic E-state index is 16.1. The summed E-state index contributed by atoms with van der Waals surface area (Å²) in [7, 11) is 0. The van der Waals surface area contributed by atoms with Gasteiger partial charge in [-0.3, -0.25) is 0 Å². The smallest absolute Gasteiger partial charge is 0.200 e. The molecule has 8 aromatic rings. The number of hydrogen-bond acceptors (Lipinski definition) is 1. The Morgan fingerprint density at radius 3 is 1.32 bits per heavy atom. The molecular formula is C39H22F5N3. The molecule has 0 saturated carbocycles. The third-order valence-corrected chi connectivity index (χ3v) is 8.83. The van der Waals surface area contributed by atoms with Gasteiger partial charge in [-0.1, -0.05) is 60.7 Å². The Kier molecular flexibility index (Phi) is 6.25. The summed E-state index contributed by atoms with van der Waals surface area (Å²) in [5.41, 5.74) is 3.22. The van der Waals surface area contributed by atoms with Crippen molar-refractivity contribution in [2.45, 2.75) is 13.8 Å². The van der Waals surface area contributed by atoms with Gasteiger partial charge >= 0.3 is 0 Å². The van der Waals surface area contributed by atoms with Crippen LogP contribution in [0.25, 0.3) is 66.1 Å². The molecule has 0 aliphatic carbocycles. The van der Waals surface area contributed by atoms with E-state index in [1.165, 1.54) is 12.1 Å². The fraction of sp³-hybridized carbons (Fsp3) is 0.0513. The highest BCUT2D eigenvalue weighted by Gasteiger charge is 2.32. The Hall–Kier alpha value is -5.94. The highest BCUT2D eigenvalue weighted by atomic mass is 19.2. The molecule has 228 valence electrons. The van der Waals surface area contributed by atoms with Crippen LogP contribution in [0.3, 0.4) is 0 Å². The van der Waals surface area contributed by atoms with E-state index in [-0.39, 0.29) is 22.5 Å². The zero-order chi connectivity index (χ0) is 32.7. The molecule has 8 rings (SSSR count). The first-order valence-electron chi connectivity index (χ1n) is 14.8. The number of nitrogens with zero attached hydrogens (tertiary/aromatic N) is 3. The first kappa shape index (κ1) is 28.5. The molecule has 0 fully saturated rings. The third-order valence-electron chi connectivity index (χ3n) is 8.83. The van der Waals surface area contributed by atoms with Crippen molar-refractivity contribution in [3.05, 3.63) is 143 Å². The molecule has 0 aliphatic rings. The van der Waals surface area contributed by atoms with E-state index in [2.05, 4.69) is 6.07 Å². The van der Waals surface area contributed by atoms with Gasteiger partial charge in [0.1, 0.15) is 0 Å². The quantitative estimate of drug-likeness (QED) is 0.109. The monoisotopic (exact) mass is 627 g/mol. The molecule has 8 heteroatoms. The van der Waals surface area contributed by atoms with E-state index in [9.17, 15) is 9.65 Å². The van der Waals surface area contributed by atoms with Gasteiger partial charge in [-0.05, 0) is 61.4 Å². The van der Waals surface area contributed by atoms with Gasteiger partial charge in [-0.2, -0.15) is 5.26 Å². The van der Waals surface area contributed by atoms with Crippen LogP contribution in [0.1, 0.15) is 16.7 Å². The molecule has 2 aromatic heterocycles. The molecule has 0 spiro atoms. The Bertz CT molecular complexity index is 2510. The summed E-state index contributed by atoms with van der Waals surface area (Å²) >= 11 is 0. The van der Waals surface area contributed by atoms with Crippen molar-refractivity contribution in [2.24, 2.45) is 0 Å². The SMILES string of the molecule is Cc1ccc2c3ccccc3n(-c3cc(C#N)cc(-n4c5ccccc5c5ccc(C)cc54)c3-c3c(F)c(F)c(F)c(F)c3F)c2c1. The average molecular weight is 628 g/mol. The van der Waals surface area contributed by atoms with Gasteiger partial charge in [0.15, 0.2) is 23.3 Å². The zero-order valence-electron chi connectivity index (χ0n) is 25.0. The van der Waals surface area contributed by atoms with Gasteiger partial charge in [-0.25, -0.2) is 22.0 Å². The van der Waals surface area contributed by atoms with E-state index in [4.69, 9.17) is 0 Å². The highest BCUT2D eigenvalue weighted by Crippen LogP contribution is 2.45. The number of halogens is 5. The molecular weight excluding hydrogens is 605 g/mol. The second kappa shape index (κ2) is 10.3. The minimum atomic E-state index is -2.25. The first-order chi connectivity index (χ1) is 22.7. The van der Waals surface area contributed by atoms with Crippen LogP contribution in [-0.4, -0.2) is 9.13 Å². The van der Waals surface area contributed by atoms with Crippen molar-refractivity contribution < 1.29 is 22.0 Å². The number of rotatable bonds is 3. The first-order valence-corrected chi connectivity index (χ1v) is 14.8. The summed E-state index contributed by atoms with van der Waals surface area (Å²) < 4.78 is 80.3. The largest absolute Gasteiger partial charge is 0.308 e. The van der Waals surface area contributed by atoms with Crippen molar-refractivity contribution >= 4 is 43.6 Å². The van der Waals surface area contributed by atoms with Gasteiger partial charge in [0.05, 0.1) is 50.6 Å². The maximum Gasteiger partial charge on any atom is 0.200 e. The Balaban J connectivity index is 1.67. The van der Waals surface area contributed by atoms with Crippen LogP contribution in [0.2, 0.25) is 0 Å². The number of nitriles is 1. The third kappa shape index (κ3) is 4.03. The molecule has 2 heterocycles. The molecule has 0 radical (unpaired) electrons. The van der Waals surface area contributed by atoms with Crippen molar-refractivity contribution in [3.63, 3.8) is 0 Å². The standard InChI is InChI=1S/C39H22F5N3/c1-20-11-13-25-23-7-3-5-9-27(23)46(29(25)15-20)31-17-22(19-45)18-32(33(31)34-35(40)37(42)39(44)38(43)36(34)41)47-28-10-6-4-8-24(28)26-14-12-21(2)16-30(26)47/h3-18H,1-2H3. The maximum absolute atomic E-state index is 16.1. The minimum absolute atomic E-state index is 0.0812. The second-order valence-electron chi connectivity index (χ2n) is 11.7. The van der Waals surface area contributed by atoms with E-state index < -0.39 is 34.6 Å². The summed E-state index contributed by atoms with van der Waals surface area (Å²) in [5, 5.41) is 13.6. The van der Waals surface area contributed by atoms with Gasteiger partial charge in [-0.15, -0.1) is 0 Å². The fourth-order valence-corrected chi connectivity index (χ4v) is 6.79. The summed E-state index contributed by atoms with van der Waals surface area (Å²) in [6.07, 6.45) is 0. The number of benzene rings is 6. The van der Waals surface area contributed by atoms with Crippen molar-refractivity contribution in [1.29, 1.82) is 5.26 Å². The van der Waals surface area contributed by atoms with Crippen molar-refractivity contribution in [2.75, 3.05) is 0 Å². The van der Waals surface area contributed by atoms with Crippen molar-refractivity contribution in [1.82, 2.24) is 9.13 Å².